The number of benzene rings is 5. The number of aryl methyl sites for hydroxylation is 3. The number of nitrogens with zero attached hydrogens (tertiary/aromatic N) is 1. The summed E-state index contributed by atoms with van der Waals surface area (Å²) in [6, 6.07) is 23.7. The van der Waals surface area contributed by atoms with Gasteiger partial charge in [0.1, 0.15) is 11.2 Å². The number of fused-ring (bicyclic) bond motifs is 15. The standard InChI is InChI=1S/C49H39NO2/c1-29(31-21-12-22-41-36-17-9-11-24-45(36)52-48(31)41)27-43-35-16-8-10-23-44(35)50(49(43)51)30-25-26-40-42(28-30)34-15-4-7-20-39(34)46-37-18-5-2-13-32(37)33-14-3-6-19-38(33)47(40)46/h2,4-6,9-13,15,17-19,21-24,27-28,51H,3,7-8,14,16,20,25-26H2,1H3. The third-order valence-electron chi connectivity index (χ3n) is 12.2. The van der Waals surface area contributed by atoms with Gasteiger partial charge >= 0.3 is 0 Å². The van der Waals surface area contributed by atoms with Crippen molar-refractivity contribution >= 4 is 85.1 Å². The molecule has 0 fully saturated rings. The van der Waals surface area contributed by atoms with Gasteiger partial charge < -0.3 is 9.52 Å². The second-order valence-corrected chi connectivity index (χ2v) is 15.0. The number of para-hydroxylation sites is 2. The number of hydrogen-bond donors (Lipinski definition) is 1. The molecule has 2 heterocycles. The number of allylic oxidation sites excluding steroid dienone is 5. The van der Waals surface area contributed by atoms with Crippen LogP contribution >= 0.6 is 0 Å². The van der Waals surface area contributed by atoms with Crippen molar-refractivity contribution in [3.63, 3.8) is 0 Å². The lowest BCUT2D eigenvalue weighted by Crippen LogP contribution is -2.12. The van der Waals surface area contributed by atoms with Gasteiger partial charge in [0, 0.05) is 27.6 Å². The van der Waals surface area contributed by atoms with Crippen LogP contribution in [0.2, 0.25) is 0 Å². The number of hydrogen-bond acceptors (Lipinski definition) is 2. The normalized spacial score (nSPS) is 16.4. The molecule has 4 aliphatic rings. The molecule has 1 N–H and O–H groups in total. The Labute approximate surface area is 303 Å². The van der Waals surface area contributed by atoms with Crippen molar-refractivity contribution in [3.8, 4) is 5.88 Å². The van der Waals surface area contributed by atoms with E-state index in [1.807, 2.05) is 12.1 Å². The van der Waals surface area contributed by atoms with E-state index in [1.165, 1.54) is 60.5 Å². The molecule has 0 saturated carbocycles. The van der Waals surface area contributed by atoms with E-state index in [0.29, 0.717) is 5.88 Å². The van der Waals surface area contributed by atoms with E-state index in [-0.39, 0.29) is 0 Å². The van der Waals surface area contributed by atoms with E-state index in [9.17, 15) is 5.11 Å². The smallest absolute Gasteiger partial charge is 0.203 e. The van der Waals surface area contributed by atoms with E-state index in [0.717, 1.165) is 101 Å². The Kier molecular flexibility index (Phi) is 6.52. The van der Waals surface area contributed by atoms with E-state index in [4.69, 9.17) is 4.42 Å². The monoisotopic (exact) mass is 673 g/mol. The highest BCUT2D eigenvalue weighted by Crippen LogP contribution is 2.48. The Bertz CT molecular complexity index is 2860. The van der Waals surface area contributed by atoms with E-state index < -0.39 is 0 Å². The Morgan fingerprint density at radius 1 is 0.635 bits per heavy atom. The highest BCUT2D eigenvalue weighted by Gasteiger charge is 2.30. The summed E-state index contributed by atoms with van der Waals surface area (Å²) in [5.74, 6) is 0.332. The molecule has 0 atom stereocenters. The Balaban J connectivity index is 1.12. The van der Waals surface area contributed by atoms with Gasteiger partial charge in [0.05, 0.1) is 5.69 Å². The second kappa shape index (κ2) is 11.4. The van der Waals surface area contributed by atoms with Crippen molar-refractivity contribution in [1.29, 1.82) is 0 Å². The zero-order valence-corrected chi connectivity index (χ0v) is 29.4. The lowest BCUT2D eigenvalue weighted by molar-refractivity contribution is 0.441. The molecule has 0 radical (unpaired) electrons. The van der Waals surface area contributed by atoms with E-state index in [2.05, 4.69) is 115 Å². The number of furan rings is 1. The molecule has 5 aromatic carbocycles. The molecule has 0 unspecified atom stereocenters. The Morgan fingerprint density at radius 2 is 1.33 bits per heavy atom. The number of aromatic nitrogens is 1. The van der Waals surface area contributed by atoms with Crippen LogP contribution < -0.4 is 0 Å². The molecular formula is C49H39NO2. The van der Waals surface area contributed by atoms with Gasteiger partial charge in [-0.05, 0) is 149 Å². The maximum atomic E-state index is 12.3. The zero-order chi connectivity index (χ0) is 34.5. The molecular weight excluding hydrogens is 635 g/mol. The summed E-state index contributed by atoms with van der Waals surface area (Å²) in [6.07, 6.45) is 26.5. The van der Waals surface area contributed by atoms with Crippen LogP contribution in [0.1, 0.15) is 88.4 Å². The molecule has 7 aromatic rings. The third kappa shape index (κ3) is 4.20. The molecule has 0 aliphatic heterocycles. The van der Waals surface area contributed by atoms with Crippen molar-refractivity contribution in [3.05, 3.63) is 141 Å². The minimum absolute atomic E-state index is 0.332. The van der Waals surface area contributed by atoms with Crippen LogP contribution in [0.4, 0.5) is 0 Å². The molecule has 0 amide bonds. The van der Waals surface area contributed by atoms with Crippen molar-refractivity contribution < 1.29 is 9.52 Å². The van der Waals surface area contributed by atoms with Gasteiger partial charge in [0.2, 0.25) is 5.88 Å². The number of rotatable bonds is 3. The zero-order valence-electron chi connectivity index (χ0n) is 29.4. The molecule has 2 aromatic heterocycles. The molecule has 3 heteroatoms. The summed E-state index contributed by atoms with van der Waals surface area (Å²) < 4.78 is 8.58. The minimum Gasteiger partial charge on any atom is -0.494 e. The molecule has 252 valence electrons. The average molecular weight is 674 g/mol. The molecule has 3 nitrogen and oxygen atoms in total. The predicted molar refractivity (Wildman–Crippen MR) is 219 cm³/mol. The van der Waals surface area contributed by atoms with Crippen LogP contribution in [0.3, 0.4) is 0 Å². The summed E-state index contributed by atoms with van der Waals surface area (Å²) >= 11 is 0. The maximum absolute atomic E-state index is 12.3. The molecule has 11 rings (SSSR count). The van der Waals surface area contributed by atoms with Crippen molar-refractivity contribution in [2.45, 2.75) is 58.3 Å². The molecule has 0 spiro atoms. The van der Waals surface area contributed by atoms with E-state index in [1.54, 1.807) is 0 Å². The first-order chi connectivity index (χ1) is 25.7. The van der Waals surface area contributed by atoms with Crippen LogP contribution in [0.15, 0.2) is 89.4 Å². The fourth-order valence-electron chi connectivity index (χ4n) is 9.90. The number of aromatic hydroxyl groups is 1. The second-order valence-electron chi connectivity index (χ2n) is 15.0. The topological polar surface area (TPSA) is 38.3 Å². The summed E-state index contributed by atoms with van der Waals surface area (Å²) in [4.78, 5) is 0. The predicted octanol–water partition coefficient (Wildman–Crippen LogP) is 12.8. The van der Waals surface area contributed by atoms with Crippen LogP contribution in [-0.4, -0.2) is 9.67 Å². The molecule has 52 heavy (non-hydrogen) atoms. The van der Waals surface area contributed by atoms with Crippen LogP contribution in [0.25, 0.3) is 85.1 Å². The van der Waals surface area contributed by atoms with Crippen molar-refractivity contribution in [1.82, 2.24) is 4.57 Å². The summed E-state index contributed by atoms with van der Waals surface area (Å²) in [6.45, 7) is 2.14. The van der Waals surface area contributed by atoms with Crippen LogP contribution in [0, 0.1) is 0 Å². The van der Waals surface area contributed by atoms with Gasteiger partial charge in [-0.3, -0.25) is 4.57 Å². The fourth-order valence-corrected chi connectivity index (χ4v) is 9.90. The summed E-state index contributed by atoms with van der Waals surface area (Å²) in [5.41, 5.74) is 16.9. The first kappa shape index (κ1) is 29.9. The largest absolute Gasteiger partial charge is 0.494 e. The van der Waals surface area contributed by atoms with Gasteiger partial charge in [-0.1, -0.05) is 91.0 Å². The van der Waals surface area contributed by atoms with Gasteiger partial charge in [-0.15, -0.1) is 0 Å². The highest BCUT2D eigenvalue weighted by atomic mass is 16.3. The summed E-state index contributed by atoms with van der Waals surface area (Å²) in [7, 11) is 0. The van der Waals surface area contributed by atoms with Gasteiger partial charge in [-0.2, -0.15) is 0 Å². The van der Waals surface area contributed by atoms with E-state index >= 15 is 0 Å². The highest BCUT2D eigenvalue weighted by molar-refractivity contribution is 6.18. The van der Waals surface area contributed by atoms with Crippen molar-refractivity contribution in [2.75, 3.05) is 0 Å². The van der Waals surface area contributed by atoms with Crippen LogP contribution in [0.5, 0.6) is 5.88 Å². The first-order valence-corrected chi connectivity index (χ1v) is 19.0. The van der Waals surface area contributed by atoms with Gasteiger partial charge in [0.25, 0.3) is 0 Å². The molecule has 4 aliphatic carbocycles. The van der Waals surface area contributed by atoms with Crippen LogP contribution in [-0.2, 0) is 25.7 Å². The lowest BCUT2D eigenvalue weighted by Gasteiger charge is -2.29. The third-order valence-corrected chi connectivity index (χ3v) is 12.2. The SMILES string of the molecule is CC(=Cc1c2c(n(C3=Cc4c5c(c6c(c7c(c8ccccc86)CCC=C7)c4CC3)CCC=C5)c1O)C=CCC2)c1cccc2c1oc1ccccc12. The maximum Gasteiger partial charge on any atom is 0.203 e. The quantitative estimate of drug-likeness (QED) is 0.190. The first-order valence-electron chi connectivity index (χ1n) is 19.0. The average Bonchev–Trinajstić information content (AvgIpc) is 3.72. The lowest BCUT2D eigenvalue weighted by atomic mass is 9.76. The Morgan fingerprint density at radius 3 is 2.19 bits per heavy atom. The van der Waals surface area contributed by atoms with Gasteiger partial charge in [0.15, 0.2) is 0 Å². The minimum atomic E-state index is 0.332. The van der Waals surface area contributed by atoms with Crippen molar-refractivity contribution in [2.24, 2.45) is 0 Å². The Hall–Kier alpha value is -5.80. The van der Waals surface area contributed by atoms with Gasteiger partial charge in [-0.25, -0.2) is 0 Å². The fraction of sp³-hybridized carbons (Fsp3) is 0.184. The molecule has 0 saturated heterocycles. The summed E-state index contributed by atoms with van der Waals surface area (Å²) in [5, 5.41) is 20.3. The molecule has 0 bridgehead atoms.